The standard InChI is InChI=1S/C19H27N3OS/c1-3-21(4-2)13-14-22(18(23)15-9-5-6-10-15)19-20-16-11-7-8-12-17(16)24-19/h7-8,11-12,15H,3-6,9-10,13-14H2,1-2H3. The maximum absolute atomic E-state index is 13.1. The van der Waals surface area contributed by atoms with Crippen LogP contribution in [0.2, 0.25) is 0 Å². The highest BCUT2D eigenvalue weighted by molar-refractivity contribution is 7.22. The Bertz CT molecular complexity index is 641. The van der Waals surface area contributed by atoms with Crippen molar-refractivity contribution in [2.75, 3.05) is 31.1 Å². The molecule has 1 aliphatic rings. The van der Waals surface area contributed by atoms with Gasteiger partial charge in [0, 0.05) is 19.0 Å². The molecular weight excluding hydrogens is 318 g/mol. The maximum atomic E-state index is 13.1. The zero-order chi connectivity index (χ0) is 16.9. The fourth-order valence-electron chi connectivity index (χ4n) is 3.45. The molecule has 1 aromatic heterocycles. The Hall–Kier alpha value is -1.46. The first-order valence-electron chi connectivity index (χ1n) is 9.12. The van der Waals surface area contributed by atoms with E-state index < -0.39 is 0 Å². The second-order valence-electron chi connectivity index (χ2n) is 6.46. The number of aromatic nitrogens is 1. The maximum Gasteiger partial charge on any atom is 0.231 e. The Morgan fingerprint density at radius 3 is 2.54 bits per heavy atom. The third-order valence-corrected chi connectivity index (χ3v) is 6.08. The highest BCUT2D eigenvalue weighted by atomic mass is 32.1. The van der Waals surface area contributed by atoms with Gasteiger partial charge in [0.15, 0.2) is 5.13 Å². The minimum atomic E-state index is 0.189. The van der Waals surface area contributed by atoms with E-state index in [2.05, 4.69) is 24.8 Å². The molecule has 0 saturated heterocycles. The van der Waals surface area contributed by atoms with Gasteiger partial charge in [-0.05, 0) is 38.1 Å². The van der Waals surface area contributed by atoms with Gasteiger partial charge in [0.05, 0.1) is 10.2 Å². The second-order valence-corrected chi connectivity index (χ2v) is 7.47. The lowest BCUT2D eigenvalue weighted by Crippen LogP contribution is -2.41. The van der Waals surface area contributed by atoms with Crippen molar-refractivity contribution in [1.82, 2.24) is 9.88 Å². The number of carbonyl (C=O) groups excluding carboxylic acids is 1. The first-order valence-corrected chi connectivity index (χ1v) is 9.93. The minimum Gasteiger partial charge on any atom is -0.302 e. The molecule has 1 fully saturated rings. The van der Waals surface area contributed by atoms with Crippen molar-refractivity contribution in [3.8, 4) is 0 Å². The number of nitrogens with zero attached hydrogens (tertiary/aromatic N) is 3. The zero-order valence-corrected chi connectivity index (χ0v) is 15.5. The van der Waals surface area contributed by atoms with E-state index in [9.17, 15) is 4.79 Å². The van der Waals surface area contributed by atoms with Gasteiger partial charge in [0.25, 0.3) is 0 Å². The number of carbonyl (C=O) groups is 1. The van der Waals surface area contributed by atoms with Crippen LogP contribution in [0.4, 0.5) is 5.13 Å². The first kappa shape index (κ1) is 17.4. The van der Waals surface area contributed by atoms with Crippen LogP contribution in [0.1, 0.15) is 39.5 Å². The number of amides is 1. The van der Waals surface area contributed by atoms with Gasteiger partial charge in [0.1, 0.15) is 0 Å². The predicted octanol–water partition coefficient (Wildman–Crippen LogP) is 4.16. The lowest BCUT2D eigenvalue weighted by Gasteiger charge is -2.26. The monoisotopic (exact) mass is 345 g/mol. The van der Waals surface area contributed by atoms with E-state index in [4.69, 9.17) is 4.98 Å². The van der Waals surface area contributed by atoms with Gasteiger partial charge in [-0.2, -0.15) is 0 Å². The fourth-order valence-corrected chi connectivity index (χ4v) is 4.45. The average molecular weight is 346 g/mol. The predicted molar refractivity (Wildman–Crippen MR) is 102 cm³/mol. The number of para-hydroxylation sites is 1. The van der Waals surface area contributed by atoms with Crippen LogP contribution in [0.15, 0.2) is 24.3 Å². The Labute approximate surface area is 148 Å². The third-order valence-electron chi connectivity index (χ3n) is 5.02. The van der Waals surface area contributed by atoms with Crippen LogP contribution in [-0.4, -0.2) is 42.0 Å². The number of benzene rings is 1. The molecule has 5 heteroatoms. The Morgan fingerprint density at radius 1 is 1.17 bits per heavy atom. The topological polar surface area (TPSA) is 36.4 Å². The Balaban J connectivity index is 1.83. The number of hydrogen-bond donors (Lipinski definition) is 0. The third kappa shape index (κ3) is 3.78. The molecular formula is C19H27N3OS. The molecule has 0 spiro atoms. The van der Waals surface area contributed by atoms with E-state index in [-0.39, 0.29) is 11.8 Å². The molecule has 1 heterocycles. The molecule has 1 amide bonds. The van der Waals surface area contributed by atoms with Crippen molar-refractivity contribution in [1.29, 1.82) is 0 Å². The summed E-state index contributed by atoms with van der Waals surface area (Å²) in [4.78, 5) is 22.1. The van der Waals surface area contributed by atoms with E-state index >= 15 is 0 Å². The SMILES string of the molecule is CCN(CC)CCN(C(=O)C1CCCC1)c1nc2ccccc2s1. The largest absolute Gasteiger partial charge is 0.302 e. The molecule has 0 atom stereocenters. The first-order chi connectivity index (χ1) is 11.7. The smallest absolute Gasteiger partial charge is 0.231 e. The van der Waals surface area contributed by atoms with Gasteiger partial charge in [-0.25, -0.2) is 4.98 Å². The summed E-state index contributed by atoms with van der Waals surface area (Å²) in [7, 11) is 0. The van der Waals surface area contributed by atoms with Gasteiger partial charge in [-0.1, -0.05) is 50.2 Å². The summed E-state index contributed by atoms with van der Waals surface area (Å²) < 4.78 is 1.15. The van der Waals surface area contributed by atoms with E-state index in [0.717, 1.165) is 54.4 Å². The molecule has 0 radical (unpaired) electrons. The summed E-state index contributed by atoms with van der Waals surface area (Å²) in [6.45, 7) is 8.01. The molecule has 4 nitrogen and oxygen atoms in total. The number of likely N-dealkylation sites (N-methyl/N-ethyl adjacent to an activating group) is 1. The molecule has 3 rings (SSSR count). The van der Waals surface area contributed by atoms with Crippen LogP contribution < -0.4 is 4.90 Å². The molecule has 0 N–H and O–H groups in total. The Kier molecular flexibility index (Phi) is 5.85. The van der Waals surface area contributed by atoms with Crippen LogP contribution in [-0.2, 0) is 4.79 Å². The van der Waals surface area contributed by atoms with Crippen molar-refractivity contribution < 1.29 is 4.79 Å². The van der Waals surface area contributed by atoms with E-state index in [1.165, 1.54) is 12.8 Å². The summed E-state index contributed by atoms with van der Waals surface area (Å²) in [5.74, 6) is 0.465. The summed E-state index contributed by atoms with van der Waals surface area (Å²) in [5, 5.41) is 0.861. The van der Waals surface area contributed by atoms with E-state index in [1.807, 2.05) is 23.1 Å². The Morgan fingerprint density at radius 2 is 1.88 bits per heavy atom. The van der Waals surface area contributed by atoms with Gasteiger partial charge < -0.3 is 4.90 Å². The van der Waals surface area contributed by atoms with E-state index in [1.54, 1.807) is 11.3 Å². The molecule has 0 unspecified atom stereocenters. The summed E-state index contributed by atoms with van der Waals surface area (Å²) in [6.07, 6.45) is 4.43. The molecule has 0 aliphatic heterocycles. The van der Waals surface area contributed by atoms with Crippen LogP contribution in [0, 0.1) is 5.92 Å². The van der Waals surface area contributed by atoms with Gasteiger partial charge >= 0.3 is 0 Å². The van der Waals surface area contributed by atoms with Gasteiger partial charge in [-0.15, -0.1) is 0 Å². The molecule has 2 aromatic rings. The zero-order valence-electron chi connectivity index (χ0n) is 14.7. The van der Waals surface area contributed by atoms with Crippen LogP contribution >= 0.6 is 11.3 Å². The molecule has 130 valence electrons. The molecule has 1 saturated carbocycles. The highest BCUT2D eigenvalue weighted by Crippen LogP contribution is 2.32. The normalized spacial score (nSPS) is 15.5. The van der Waals surface area contributed by atoms with Gasteiger partial charge in [0.2, 0.25) is 5.91 Å². The number of hydrogen-bond acceptors (Lipinski definition) is 4. The number of fused-ring (bicyclic) bond motifs is 1. The summed E-state index contributed by atoms with van der Waals surface area (Å²) in [5.41, 5.74) is 0.990. The average Bonchev–Trinajstić information content (AvgIpc) is 3.27. The van der Waals surface area contributed by atoms with Crippen LogP contribution in [0.25, 0.3) is 10.2 Å². The van der Waals surface area contributed by atoms with Crippen molar-refractivity contribution in [3.63, 3.8) is 0 Å². The van der Waals surface area contributed by atoms with Crippen molar-refractivity contribution in [3.05, 3.63) is 24.3 Å². The quantitative estimate of drug-likeness (QED) is 0.756. The van der Waals surface area contributed by atoms with Crippen LogP contribution in [0.5, 0.6) is 0 Å². The number of thiazole rings is 1. The molecule has 1 aliphatic carbocycles. The molecule has 24 heavy (non-hydrogen) atoms. The minimum absolute atomic E-state index is 0.189. The highest BCUT2D eigenvalue weighted by Gasteiger charge is 2.29. The molecule has 1 aromatic carbocycles. The van der Waals surface area contributed by atoms with Crippen LogP contribution in [0.3, 0.4) is 0 Å². The van der Waals surface area contributed by atoms with Crippen molar-refractivity contribution >= 4 is 32.6 Å². The summed E-state index contributed by atoms with van der Waals surface area (Å²) in [6, 6.07) is 8.14. The second kappa shape index (κ2) is 8.08. The fraction of sp³-hybridized carbons (Fsp3) is 0.579. The summed E-state index contributed by atoms with van der Waals surface area (Å²) >= 11 is 1.63. The number of anilines is 1. The van der Waals surface area contributed by atoms with E-state index in [0.29, 0.717) is 0 Å². The number of rotatable bonds is 7. The lowest BCUT2D eigenvalue weighted by atomic mass is 10.1. The van der Waals surface area contributed by atoms with Gasteiger partial charge in [-0.3, -0.25) is 9.69 Å². The van der Waals surface area contributed by atoms with Crippen molar-refractivity contribution in [2.45, 2.75) is 39.5 Å². The van der Waals surface area contributed by atoms with Crippen molar-refractivity contribution in [2.24, 2.45) is 5.92 Å². The molecule has 0 bridgehead atoms. The lowest BCUT2D eigenvalue weighted by molar-refractivity contribution is -0.122.